The molecule has 1 aliphatic rings. The number of amides is 3. The Hall–Kier alpha value is -3.88. The van der Waals surface area contributed by atoms with Gasteiger partial charge in [0.1, 0.15) is 6.54 Å². The summed E-state index contributed by atoms with van der Waals surface area (Å²) >= 11 is 0. The molecule has 9 nitrogen and oxygen atoms in total. The van der Waals surface area contributed by atoms with Crippen LogP contribution in [0.5, 0.6) is 0 Å². The van der Waals surface area contributed by atoms with Gasteiger partial charge in [-0.3, -0.25) is 14.2 Å². The first-order valence-electron chi connectivity index (χ1n) is 10.0. The van der Waals surface area contributed by atoms with E-state index in [-0.39, 0.29) is 18.5 Å². The number of hydrogen-bond donors (Lipinski definition) is 2. The van der Waals surface area contributed by atoms with Crippen LogP contribution in [-0.4, -0.2) is 57.5 Å². The number of fused-ring (bicyclic) bond motifs is 1. The van der Waals surface area contributed by atoms with Gasteiger partial charge in [-0.2, -0.15) is 0 Å². The van der Waals surface area contributed by atoms with E-state index in [0.717, 1.165) is 15.8 Å². The lowest BCUT2D eigenvalue weighted by atomic mass is 10.2. The molecule has 3 aromatic rings. The molecule has 160 valence electrons. The van der Waals surface area contributed by atoms with Crippen molar-refractivity contribution in [3.8, 4) is 0 Å². The first kappa shape index (κ1) is 20.4. The Morgan fingerprint density at radius 2 is 1.68 bits per heavy atom. The van der Waals surface area contributed by atoms with Crippen molar-refractivity contribution in [2.75, 3.05) is 31.5 Å². The molecular weight excluding hydrogens is 398 g/mol. The SMILES string of the molecule is Cc1cccc(NC(=O)N2CCN(C(=O)Cn3c(=O)[nH]c4ccccc4c3=O)CC2)c1. The molecule has 3 amide bonds. The maximum absolute atomic E-state index is 12.7. The standard InChI is InChI=1S/C22H23N5O4/c1-15-5-4-6-16(13-15)23-21(30)26-11-9-25(10-12-26)19(28)14-27-20(29)17-7-2-3-8-18(17)24-22(27)31/h2-8,13H,9-12,14H2,1H3,(H,23,30)(H,24,31). The van der Waals surface area contributed by atoms with E-state index in [4.69, 9.17) is 0 Å². The zero-order valence-corrected chi connectivity index (χ0v) is 17.1. The highest BCUT2D eigenvalue weighted by molar-refractivity contribution is 5.89. The van der Waals surface area contributed by atoms with Crippen LogP contribution in [0.1, 0.15) is 5.56 Å². The van der Waals surface area contributed by atoms with Crippen molar-refractivity contribution >= 4 is 28.5 Å². The van der Waals surface area contributed by atoms with Gasteiger partial charge >= 0.3 is 11.7 Å². The topological polar surface area (TPSA) is 108 Å². The number of anilines is 1. The van der Waals surface area contributed by atoms with E-state index >= 15 is 0 Å². The summed E-state index contributed by atoms with van der Waals surface area (Å²) in [7, 11) is 0. The minimum Gasteiger partial charge on any atom is -0.338 e. The van der Waals surface area contributed by atoms with E-state index in [9.17, 15) is 19.2 Å². The van der Waals surface area contributed by atoms with Gasteiger partial charge in [-0.1, -0.05) is 24.3 Å². The average molecular weight is 421 g/mol. The van der Waals surface area contributed by atoms with Crippen molar-refractivity contribution in [2.24, 2.45) is 0 Å². The molecule has 1 saturated heterocycles. The number of urea groups is 1. The monoisotopic (exact) mass is 421 g/mol. The summed E-state index contributed by atoms with van der Waals surface area (Å²) in [5.41, 5.74) is 1.09. The van der Waals surface area contributed by atoms with Gasteiger partial charge in [-0.25, -0.2) is 9.59 Å². The molecule has 0 saturated carbocycles. The lowest BCUT2D eigenvalue weighted by molar-refractivity contribution is -0.133. The Labute approximate surface area is 177 Å². The summed E-state index contributed by atoms with van der Waals surface area (Å²) in [5.74, 6) is -0.332. The molecule has 0 radical (unpaired) electrons. The fourth-order valence-corrected chi connectivity index (χ4v) is 3.66. The number of aryl methyl sites for hydroxylation is 1. The molecule has 0 spiro atoms. The lowest BCUT2D eigenvalue weighted by Crippen LogP contribution is -2.53. The smallest absolute Gasteiger partial charge is 0.329 e. The lowest BCUT2D eigenvalue weighted by Gasteiger charge is -2.34. The highest BCUT2D eigenvalue weighted by Crippen LogP contribution is 2.12. The van der Waals surface area contributed by atoms with Crippen LogP contribution in [-0.2, 0) is 11.3 Å². The van der Waals surface area contributed by atoms with Crippen LogP contribution in [0.25, 0.3) is 10.9 Å². The van der Waals surface area contributed by atoms with E-state index in [2.05, 4.69) is 10.3 Å². The Balaban J connectivity index is 1.39. The highest BCUT2D eigenvalue weighted by atomic mass is 16.2. The van der Waals surface area contributed by atoms with Gasteiger partial charge in [-0.15, -0.1) is 0 Å². The van der Waals surface area contributed by atoms with Crippen molar-refractivity contribution in [1.29, 1.82) is 0 Å². The van der Waals surface area contributed by atoms with Crippen LogP contribution >= 0.6 is 0 Å². The molecule has 0 bridgehead atoms. The molecule has 9 heteroatoms. The highest BCUT2D eigenvalue weighted by Gasteiger charge is 2.25. The predicted octanol–water partition coefficient (Wildman–Crippen LogP) is 1.37. The molecule has 0 atom stereocenters. The summed E-state index contributed by atoms with van der Waals surface area (Å²) in [6.07, 6.45) is 0. The number of para-hydroxylation sites is 1. The van der Waals surface area contributed by atoms with Crippen LogP contribution in [0, 0.1) is 6.92 Å². The maximum Gasteiger partial charge on any atom is 0.329 e. The number of carbonyl (C=O) groups is 2. The van der Waals surface area contributed by atoms with E-state index < -0.39 is 11.2 Å². The Morgan fingerprint density at radius 1 is 0.968 bits per heavy atom. The summed E-state index contributed by atoms with van der Waals surface area (Å²) in [6, 6.07) is 14.0. The minimum atomic E-state index is -0.617. The van der Waals surface area contributed by atoms with Crippen molar-refractivity contribution < 1.29 is 9.59 Å². The molecule has 0 aliphatic carbocycles. The number of aromatic nitrogens is 2. The van der Waals surface area contributed by atoms with Crippen LogP contribution in [0.4, 0.5) is 10.5 Å². The molecule has 0 unspecified atom stereocenters. The fraction of sp³-hybridized carbons (Fsp3) is 0.273. The van der Waals surface area contributed by atoms with Crippen molar-refractivity contribution in [2.45, 2.75) is 13.5 Å². The number of aromatic amines is 1. The maximum atomic E-state index is 12.7. The van der Waals surface area contributed by atoms with Gasteiger partial charge in [0, 0.05) is 31.9 Å². The second kappa shape index (κ2) is 8.47. The second-order valence-electron chi connectivity index (χ2n) is 7.53. The van der Waals surface area contributed by atoms with Gasteiger partial charge in [0.25, 0.3) is 5.56 Å². The molecular formula is C22H23N5O4. The Morgan fingerprint density at radius 3 is 2.42 bits per heavy atom. The molecule has 2 heterocycles. The average Bonchev–Trinajstić information content (AvgIpc) is 2.76. The van der Waals surface area contributed by atoms with E-state index in [1.807, 2.05) is 31.2 Å². The van der Waals surface area contributed by atoms with Gasteiger partial charge < -0.3 is 20.1 Å². The van der Waals surface area contributed by atoms with Crippen molar-refractivity contribution in [3.05, 3.63) is 74.9 Å². The molecule has 2 N–H and O–H groups in total. The third kappa shape index (κ3) is 4.35. The number of hydrogen-bond acceptors (Lipinski definition) is 4. The third-order valence-electron chi connectivity index (χ3n) is 5.37. The summed E-state index contributed by atoms with van der Waals surface area (Å²) in [6.45, 7) is 3.01. The molecule has 4 rings (SSSR count). The first-order chi connectivity index (χ1) is 14.9. The number of benzene rings is 2. The van der Waals surface area contributed by atoms with Gasteiger partial charge in [0.15, 0.2) is 0 Å². The first-order valence-corrected chi connectivity index (χ1v) is 10.0. The fourth-order valence-electron chi connectivity index (χ4n) is 3.66. The zero-order valence-electron chi connectivity index (χ0n) is 17.1. The predicted molar refractivity (Wildman–Crippen MR) is 117 cm³/mol. The molecule has 1 fully saturated rings. The van der Waals surface area contributed by atoms with Gasteiger partial charge in [0.2, 0.25) is 5.91 Å². The third-order valence-corrected chi connectivity index (χ3v) is 5.37. The second-order valence-corrected chi connectivity index (χ2v) is 7.53. The summed E-state index contributed by atoms with van der Waals surface area (Å²) in [5, 5.41) is 3.22. The molecule has 31 heavy (non-hydrogen) atoms. The molecule has 1 aliphatic heterocycles. The van der Waals surface area contributed by atoms with Crippen LogP contribution in [0.2, 0.25) is 0 Å². The number of H-pyrrole nitrogens is 1. The van der Waals surface area contributed by atoms with Gasteiger partial charge in [-0.05, 0) is 36.8 Å². The minimum absolute atomic E-state index is 0.222. The van der Waals surface area contributed by atoms with E-state index in [1.54, 1.807) is 34.1 Å². The van der Waals surface area contributed by atoms with Gasteiger partial charge in [0.05, 0.1) is 10.9 Å². The molecule has 1 aromatic heterocycles. The number of nitrogens with zero attached hydrogens (tertiary/aromatic N) is 3. The van der Waals surface area contributed by atoms with Crippen LogP contribution in [0.15, 0.2) is 58.1 Å². The number of piperazine rings is 1. The normalized spacial score (nSPS) is 14.0. The van der Waals surface area contributed by atoms with Crippen molar-refractivity contribution in [3.63, 3.8) is 0 Å². The number of rotatable bonds is 3. The van der Waals surface area contributed by atoms with Crippen molar-refractivity contribution in [1.82, 2.24) is 19.4 Å². The molecule has 2 aromatic carbocycles. The number of nitrogens with one attached hydrogen (secondary N) is 2. The van der Waals surface area contributed by atoms with E-state index in [0.29, 0.717) is 37.1 Å². The zero-order chi connectivity index (χ0) is 22.0. The Bertz CT molecular complexity index is 1250. The number of carbonyl (C=O) groups excluding carboxylic acids is 2. The summed E-state index contributed by atoms with van der Waals surface area (Å²) in [4.78, 5) is 55.9. The largest absolute Gasteiger partial charge is 0.338 e. The Kier molecular flexibility index (Phi) is 5.57. The quantitative estimate of drug-likeness (QED) is 0.666. The van der Waals surface area contributed by atoms with E-state index in [1.165, 1.54) is 0 Å². The summed E-state index contributed by atoms with van der Waals surface area (Å²) < 4.78 is 0.918. The van der Waals surface area contributed by atoms with Crippen LogP contribution in [0.3, 0.4) is 0 Å². The van der Waals surface area contributed by atoms with Crippen LogP contribution < -0.4 is 16.6 Å².